The van der Waals surface area contributed by atoms with Crippen LogP contribution in [-0.4, -0.2) is 39.1 Å². The highest BCUT2D eigenvalue weighted by Crippen LogP contribution is 2.19. The van der Waals surface area contributed by atoms with Crippen molar-refractivity contribution in [1.29, 1.82) is 0 Å². The molecule has 0 fully saturated rings. The Balaban J connectivity index is 1.37. The molecule has 0 radical (unpaired) electrons. The van der Waals surface area contributed by atoms with Crippen molar-refractivity contribution in [2.45, 2.75) is 32.2 Å². The van der Waals surface area contributed by atoms with Crippen molar-refractivity contribution in [3.8, 4) is 0 Å². The minimum absolute atomic E-state index is 0.538. The van der Waals surface area contributed by atoms with Gasteiger partial charge < -0.3 is 4.98 Å². The number of nitrogens with zero attached hydrogens (tertiary/aromatic N) is 2. The summed E-state index contributed by atoms with van der Waals surface area (Å²) in [5.41, 5.74) is 7.58. The monoisotopic (exact) mass is 468 g/mol. The van der Waals surface area contributed by atoms with Gasteiger partial charge in [-0.1, -0.05) is 48.5 Å². The fourth-order valence-corrected chi connectivity index (χ4v) is 4.30. The Morgan fingerprint density at radius 3 is 2.63 bits per heavy atom. The first-order valence-electron chi connectivity index (χ1n) is 12.1. The second-order valence-corrected chi connectivity index (χ2v) is 8.75. The number of aryl methyl sites for hydroxylation is 1. The van der Waals surface area contributed by atoms with Crippen LogP contribution in [0.4, 0.5) is 0 Å². The van der Waals surface area contributed by atoms with Gasteiger partial charge in [-0.2, -0.15) is 0 Å². The molecule has 6 heteroatoms. The van der Waals surface area contributed by atoms with Crippen LogP contribution in [0.1, 0.15) is 35.1 Å². The molecule has 4 rings (SSSR count). The first kappa shape index (κ1) is 24.4. The van der Waals surface area contributed by atoms with Gasteiger partial charge in [0.1, 0.15) is 0 Å². The van der Waals surface area contributed by atoms with Crippen molar-refractivity contribution >= 4 is 22.9 Å². The molecule has 2 aromatic carbocycles. The number of rotatable bonds is 12. The van der Waals surface area contributed by atoms with Crippen LogP contribution >= 0.6 is 0 Å². The van der Waals surface area contributed by atoms with Crippen LogP contribution < -0.4 is 5.48 Å². The van der Waals surface area contributed by atoms with E-state index >= 15 is 0 Å². The van der Waals surface area contributed by atoms with E-state index in [9.17, 15) is 4.79 Å². The van der Waals surface area contributed by atoms with E-state index in [1.165, 1.54) is 33.7 Å². The second kappa shape index (κ2) is 12.6. The van der Waals surface area contributed by atoms with Crippen LogP contribution in [-0.2, 0) is 24.2 Å². The van der Waals surface area contributed by atoms with Gasteiger partial charge in [0.05, 0.1) is 0 Å². The summed E-state index contributed by atoms with van der Waals surface area (Å²) in [6, 6.07) is 20.8. The average molecular weight is 469 g/mol. The average Bonchev–Trinajstić information content (AvgIpc) is 3.32. The number of unbranched alkanes of at least 4 members (excludes halogenated alkanes) is 1. The van der Waals surface area contributed by atoms with Gasteiger partial charge >= 0.3 is 0 Å². The number of hydrogen-bond acceptors (Lipinski definition) is 4. The summed E-state index contributed by atoms with van der Waals surface area (Å²) < 4.78 is 0. The van der Waals surface area contributed by atoms with E-state index in [4.69, 9.17) is 5.21 Å². The molecule has 0 aliphatic carbocycles. The summed E-state index contributed by atoms with van der Waals surface area (Å²) in [4.78, 5) is 21.3. The van der Waals surface area contributed by atoms with Gasteiger partial charge in [-0.25, -0.2) is 5.48 Å². The van der Waals surface area contributed by atoms with E-state index in [0.717, 1.165) is 50.9 Å². The zero-order valence-corrected chi connectivity index (χ0v) is 19.9. The van der Waals surface area contributed by atoms with E-state index in [1.54, 1.807) is 11.6 Å². The highest BCUT2D eigenvalue weighted by molar-refractivity contribution is 5.90. The third kappa shape index (κ3) is 7.37. The molecule has 0 aliphatic heterocycles. The summed E-state index contributed by atoms with van der Waals surface area (Å²) in [6.45, 7) is 2.88. The summed E-state index contributed by atoms with van der Waals surface area (Å²) in [6.07, 6.45) is 13.2. The summed E-state index contributed by atoms with van der Waals surface area (Å²) in [5, 5.41) is 9.92. The number of carbonyl (C=O) groups is 1. The molecule has 6 nitrogen and oxygen atoms in total. The number of amides is 1. The van der Waals surface area contributed by atoms with Crippen LogP contribution in [0.5, 0.6) is 0 Å². The van der Waals surface area contributed by atoms with Crippen LogP contribution in [0.15, 0.2) is 85.3 Å². The van der Waals surface area contributed by atoms with Crippen molar-refractivity contribution < 1.29 is 10.0 Å². The standard InChI is InChI=1S/C29H32N4O2/c34-29(32-35)15-14-23-10-12-25(13-11-23)22-33(18-4-3-6-24-7-5-17-30-20-24)19-16-26-21-31-28-9-2-1-8-27(26)28/h1-2,5,7-15,17,20-21,31,35H,3-4,6,16,18-19,22H2,(H,32,34)/b15-14+. The number of fused-ring (bicyclic) bond motifs is 1. The first-order valence-corrected chi connectivity index (χ1v) is 12.1. The Morgan fingerprint density at radius 1 is 0.971 bits per heavy atom. The van der Waals surface area contributed by atoms with E-state index in [0.29, 0.717) is 0 Å². The molecular weight excluding hydrogens is 436 g/mol. The molecule has 0 unspecified atom stereocenters. The quantitative estimate of drug-likeness (QED) is 0.116. The Labute approximate surface area is 206 Å². The van der Waals surface area contributed by atoms with Gasteiger partial charge in [-0.3, -0.25) is 19.9 Å². The Hall–Kier alpha value is -3.74. The summed E-state index contributed by atoms with van der Waals surface area (Å²) >= 11 is 0. The minimum atomic E-state index is -0.538. The molecule has 2 aromatic heterocycles. The molecule has 0 saturated heterocycles. The number of hydroxylamine groups is 1. The van der Waals surface area contributed by atoms with Gasteiger partial charge in [0.2, 0.25) is 0 Å². The van der Waals surface area contributed by atoms with E-state index < -0.39 is 5.91 Å². The van der Waals surface area contributed by atoms with Crippen molar-refractivity contribution in [3.05, 3.63) is 108 Å². The number of hydrogen-bond donors (Lipinski definition) is 3. The molecule has 0 aliphatic rings. The van der Waals surface area contributed by atoms with Gasteiger partial charge in [0, 0.05) is 48.7 Å². The third-order valence-electron chi connectivity index (χ3n) is 6.21. The fraction of sp³-hybridized carbons (Fsp3) is 0.241. The summed E-state index contributed by atoms with van der Waals surface area (Å²) in [7, 11) is 0. The molecule has 0 saturated carbocycles. The zero-order chi connectivity index (χ0) is 24.3. The van der Waals surface area contributed by atoms with Crippen molar-refractivity contribution in [2.75, 3.05) is 13.1 Å². The SMILES string of the molecule is O=C(/C=C/c1ccc(CN(CCCCc2cccnc2)CCc2c[nH]c3ccccc23)cc1)NO. The number of nitrogens with one attached hydrogen (secondary N) is 2. The van der Waals surface area contributed by atoms with Crippen molar-refractivity contribution in [3.63, 3.8) is 0 Å². The van der Waals surface area contributed by atoms with Crippen molar-refractivity contribution in [2.24, 2.45) is 0 Å². The Morgan fingerprint density at radius 2 is 1.83 bits per heavy atom. The number of H-pyrrole nitrogens is 1. The third-order valence-corrected chi connectivity index (χ3v) is 6.21. The number of carbonyl (C=O) groups excluding carboxylic acids is 1. The van der Waals surface area contributed by atoms with Crippen LogP contribution in [0.3, 0.4) is 0 Å². The number of para-hydroxylation sites is 1. The molecule has 2 heterocycles. The van der Waals surface area contributed by atoms with Gasteiger partial charge in [0.15, 0.2) is 0 Å². The van der Waals surface area contributed by atoms with Crippen molar-refractivity contribution in [1.82, 2.24) is 20.3 Å². The first-order chi connectivity index (χ1) is 17.2. The maximum absolute atomic E-state index is 11.2. The highest BCUT2D eigenvalue weighted by Gasteiger charge is 2.10. The predicted octanol–water partition coefficient (Wildman–Crippen LogP) is 5.15. The lowest BCUT2D eigenvalue weighted by Gasteiger charge is -2.22. The molecule has 0 bridgehead atoms. The summed E-state index contributed by atoms with van der Waals surface area (Å²) in [5.74, 6) is -0.538. The molecular formula is C29H32N4O2. The molecule has 35 heavy (non-hydrogen) atoms. The Kier molecular flexibility index (Phi) is 8.81. The molecule has 180 valence electrons. The maximum Gasteiger partial charge on any atom is 0.267 e. The lowest BCUT2D eigenvalue weighted by molar-refractivity contribution is -0.124. The normalized spacial score (nSPS) is 11.5. The number of aromatic amines is 1. The minimum Gasteiger partial charge on any atom is -0.361 e. The second-order valence-electron chi connectivity index (χ2n) is 8.75. The van der Waals surface area contributed by atoms with Crippen LogP contribution in [0.25, 0.3) is 17.0 Å². The van der Waals surface area contributed by atoms with Crippen LogP contribution in [0.2, 0.25) is 0 Å². The number of benzene rings is 2. The highest BCUT2D eigenvalue weighted by atomic mass is 16.5. The smallest absolute Gasteiger partial charge is 0.267 e. The lowest BCUT2D eigenvalue weighted by Crippen LogP contribution is -2.27. The number of pyridine rings is 1. The Bertz CT molecular complexity index is 1230. The maximum atomic E-state index is 11.2. The van der Waals surface area contributed by atoms with Crippen LogP contribution in [0, 0.1) is 0 Å². The van der Waals surface area contributed by atoms with Gasteiger partial charge in [-0.15, -0.1) is 0 Å². The number of aromatic nitrogens is 2. The fourth-order valence-electron chi connectivity index (χ4n) is 4.30. The predicted molar refractivity (Wildman–Crippen MR) is 140 cm³/mol. The lowest BCUT2D eigenvalue weighted by atomic mass is 10.1. The van der Waals surface area contributed by atoms with E-state index in [1.807, 2.05) is 30.6 Å². The molecule has 0 atom stereocenters. The molecule has 4 aromatic rings. The zero-order valence-electron chi connectivity index (χ0n) is 19.9. The van der Waals surface area contributed by atoms with Gasteiger partial charge in [-0.05, 0) is 72.7 Å². The van der Waals surface area contributed by atoms with E-state index in [2.05, 4.69) is 63.5 Å². The molecule has 1 amide bonds. The molecule has 3 N–H and O–H groups in total. The molecule has 0 spiro atoms. The van der Waals surface area contributed by atoms with Gasteiger partial charge in [0.25, 0.3) is 5.91 Å². The topological polar surface area (TPSA) is 81.2 Å². The van der Waals surface area contributed by atoms with E-state index in [-0.39, 0.29) is 0 Å². The largest absolute Gasteiger partial charge is 0.361 e.